The number of nitrogens with two attached hydrogens (primary N) is 1. The van der Waals surface area contributed by atoms with Gasteiger partial charge in [-0.25, -0.2) is 4.39 Å². The molecule has 0 aliphatic carbocycles. The van der Waals surface area contributed by atoms with Crippen molar-refractivity contribution in [2.75, 3.05) is 0 Å². The molecular formula is C12H12FNOS. The van der Waals surface area contributed by atoms with Gasteiger partial charge < -0.3 is 10.8 Å². The second kappa shape index (κ2) is 4.23. The predicted molar refractivity (Wildman–Crippen MR) is 63.2 cm³/mol. The zero-order chi connectivity index (χ0) is 11.7. The fourth-order valence-corrected chi connectivity index (χ4v) is 2.33. The monoisotopic (exact) mass is 237 g/mol. The third-order valence-corrected chi connectivity index (χ3v) is 3.48. The standard InChI is InChI=1S/C12H12FNOS/c1-7-4-5-8(13)10(12(7)15)11(14)9-3-2-6-16-9/h2-6,11,15H,14H2,1H3/t11-/m1/s1. The Labute approximate surface area is 97.2 Å². The van der Waals surface area contributed by atoms with E-state index in [0.29, 0.717) is 5.56 Å². The smallest absolute Gasteiger partial charge is 0.132 e. The zero-order valence-corrected chi connectivity index (χ0v) is 9.59. The molecule has 4 heteroatoms. The molecule has 2 aromatic rings. The van der Waals surface area contributed by atoms with Crippen molar-refractivity contribution in [2.24, 2.45) is 5.73 Å². The lowest BCUT2D eigenvalue weighted by atomic mass is 10.0. The number of benzene rings is 1. The van der Waals surface area contributed by atoms with E-state index in [1.807, 2.05) is 17.5 Å². The molecule has 0 spiro atoms. The molecular weight excluding hydrogens is 225 g/mol. The molecule has 0 saturated carbocycles. The summed E-state index contributed by atoms with van der Waals surface area (Å²) >= 11 is 1.45. The van der Waals surface area contributed by atoms with E-state index >= 15 is 0 Å². The molecule has 2 nitrogen and oxygen atoms in total. The molecule has 3 N–H and O–H groups in total. The van der Waals surface area contributed by atoms with E-state index in [4.69, 9.17) is 5.73 Å². The fourth-order valence-electron chi connectivity index (χ4n) is 1.60. The normalized spacial score (nSPS) is 12.7. The molecule has 0 bridgehead atoms. The molecule has 0 aliphatic heterocycles. The van der Waals surface area contributed by atoms with Crippen LogP contribution in [0.3, 0.4) is 0 Å². The first-order valence-electron chi connectivity index (χ1n) is 4.88. The largest absolute Gasteiger partial charge is 0.507 e. The van der Waals surface area contributed by atoms with Crippen LogP contribution < -0.4 is 5.73 Å². The molecule has 1 aromatic heterocycles. The third-order valence-electron chi connectivity index (χ3n) is 2.53. The molecule has 1 atom stereocenters. The second-order valence-electron chi connectivity index (χ2n) is 3.62. The van der Waals surface area contributed by atoms with Crippen LogP contribution in [-0.4, -0.2) is 5.11 Å². The molecule has 0 aliphatic rings. The van der Waals surface area contributed by atoms with Crippen molar-refractivity contribution in [2.45, 2.75) is 13.0 Å². The van der Waals surface area contributed by atoms with E-state index in [1.54, 1.807) is 6.92 Å². The number of phenolic OH excluding ortho intramolecular Hbond substituents is 1. The number of thiophene rings is 1. The highest BCUT2D eigenvalue weighted by atomic mass is 32.1. The molecule has 2 rings (SSSR count). The van der Waals surface area contributed by atoms with Crippen molar-refractivity contribution >= 4 is 11.3 Å². The minimum absolute atomic E-state index is 0.0547. The summed E-state index contributed by atoms with van der Waals surface area (Å²) in [5.74, 6) is -0.523. The van der Waals surface area contributed by atoms with Gasteiger partial charge in [-0.2, -0.15) is 0 Å². The van der Waals surface area contributed by atoms with E-state index in [2.05, 4.69) is 0 Å². The predicted octanol–water partition coefficient (Wildman–Crippen LogP) is 2.95. The molecule has 0 radical (unpaired) electrons. The van der Waals surface area contributed by atoms with Gasteiger partial charge in [-0.3, -0.25) is 0 Å². The molecule has 84 valence electrons. The van der Waals surface area contributed by atoms with Crippen LogP contribution in [-0.2, 0) is 0 Å². The minimum Gasteiger partial charge on any atom is -0.507 e. The van der Waals surface area contributed by atoms with Gasteiger partial charge >= 0.3 is 0 Å². The average Bonchev–Trinajstić information content (AvgIpc) is 2.77. The van der Waals surface area contributed by atoms with Crippen molar-refractivity contribution in [3.8, 4) is 5.75 Å². The topological polar surface area (TPSA) is 46.2 Å². The lowest BCUT2D eigenvalue weighted by molar-refractivity contribution is 0.451. The van der Waals surface area contributed by atoms with Crippen molar-refractivity contribution in [3.63, 3.8) is 0 Å². The number of hydrogen-bond donors (Lipinski definition) is 2. The van der Waals surface area contributed by atoms with Gasteiger partial charge in [0.1, 0.15) is 11.6 Å². The Bertz CT molecular complexity index is 496. The number of aromatic hydroxyl groups is 1. The van der Waals surface area contributed by atoms with E-state index in [-0.39, 0.29) is 11.3 Å². The highest BCUT2D eigenvalue weighted by molar-refractivity contribution is 7.10. The van der Waals surface area contributed by atoms with Gasteiger partial charge in [-0.05, 0) is 30.0 Å². The maximum Gasteiger partial charge on any atom is 0.132 e. The Kier molecular flexibility index (Phi) is 2.94. The lowest BCUT2D eigenvalue weighted by Crippen LogP contribution is -2.12. The number of halogens is 1. The Hall–Kier alpha value is -1.39. The molecule has 0 amide bonds. The number of hydrogen-bond acceptors (Lipinski definition) is 3. The van der Waals surface area contributed by atoms with Crippen molar-refractivity contribution < 1.29 is 9.50 Å². The summed E-state index contributed by atoms with van der Waals surface area (Å²) in [4.78, 5) is 0.833. The summed E-state index contributed by atoms with van der Waals surface area (Å²) in [6.07, 6.45) is 0. The van der Waals surface area contributed by atoms with Gasteiger partial charge in [0.25, 0.3) is 0 Å². The molecule has 1 heterocycles. The molecule has 0 saturated heterocycles. The number of phenols is 1. The first-order chi connectivity index (χ1) is 7.61. The maximum absolute atomic E-state index is 13.6. The third kappa shape index (κ3) is 1.81. The number of aryl methyl sites for hydroxylation is 1. The average molecular weight is 237 g/mol. The first-order valence-corrected chi connectivity index (χ1v) is 5.76. The summed E-state index contributed by atoms with van der Waals surface area (Å²) in [5.41, 5.74) is 6.74. The van der Waals surface area contributed by atoms with Crippen LogP contribution >= 0.6 is 11.3 Å². The van der Waals surface area contributed by atoms with Crippen LogP contribution in [0.2, 0.25) is 0 Å². The molecule has 1 aromatic carbocycles. The zero-order valence-electron chi connectivity index (χ0n) is 8.77. The lowest BCUT2D eigenvalue weighted by Gasteiger charge is -2.14. The van der Waals surface area contributed by atoms with Gasteiger partial charge in [0.15, 0.2) is 0 Å². The van der Waals surface area contributed by atoms with E-state index in [1.165, 1.54) is 23.5 Å². The van der Waals surface area contributed by atoms with Gasteiger partial charge in [-0.1, -0.05) is 12.1 Å². The van der Waals surface area contributed by atoms with Gasteiger partial charge in [-0.15, -0.1) is 11.3 Å². The van der Waals surface area contributed by atoms with E-state index in [9.17, 15) is 9.50 Å². The van der Waals surface area contributed by atoms with Gasteiger partial charge in [0.2, 0.25) is 0 Å². The Morgan fingerprint density at radius 2 is 2.12 bits per heavy atom. The van der Waals surface area contributed by atoms with Crippen LogP contribution in [0.25, 0.3) is 0 Å². The quantitative estimate of drug-likeness (QED) is 0.843. The summed E-state index contributed by atoms with van der Waals surface area (Å²) < 4.78 is 13.6. The second-order valence-corrected chi connectivity index (χ2v) is 4.60. The van der Waals surface area contributed by atoms with Crippen LogP contribution in [0.1, 0.15) is 22.0 Å². The van der Waals surface area contributed by atoms with Crippen molar-refractivity contribution in [3.05, 3.63) is 51.5 Å². The van der Waals surface area contributed by atoms with Crippen molar-refractivity contribution in [1.29, 1.82) is 0 Å². The van der Waals surface area contributed by atoms with Crippen molar-refractivity contribution in [1.82, 2.24) is 0 Å². The molecule has 16 heavy (non-hydrogen) atoms. The number of rotatable bonds is 2. The highest BCUT2D eigenvalue weighted by Crippen LogP contribution is 2.33. The summed E-state index contributed by atoms with van der Waals surface area (Å²) in [7, 11) is 0. The SMILES string of the molecule is Cc1ccc(F)c([C@H](N)c2cccs2)c1O. The van der Waals surface area contributed by atoms with Gasteiger partial charge in [0, 0.05) is 4.88 Å². The Morgan fingerprint density at radius 1 is 1.38 bits per heavy atom. The van der Waals surface area contributed by atoms with Gasteiger partial charge in [0.05, 0.1) is 11.6 Å². The summed E-state index contributed by atoms with van der Waals surface area (Å²) in [6.45, 7) is 1.72. The summed E-state index contributed by atoms with van der Waals surface area (Å²) in [5, 5.41) is 11.7. The van der Waals surface area contributed by atoms with E-state index < -0.39 is 11.9 Å². The van der Waals surface area contributed by atoms with Crippen LogP contribution in [0.4, 0.5) is 4.39 Å². The summed E-state index contributed by atoms with van der Waals surface area (Å²) in [6, 6.07) is 5.94. The first kappa shape index (κ1) is 11.1. The maximum atomic E-state index is 13.6. The van der Waals surface area contributed by atoms with E-state index in [0.717, 1.165) is 4.88 Å². The Morgan fingerprint density at radius 3 is 2.75 bits per heavy atom. The fraction of sp³-hybridized carbons (Fsp3) is 0.167. The van der Waals surface area contributed by atoms with Crippen LogP contribution in [0.5, 0.6) is 5.75 Å². The minimum atomic E-state index is -0.611. The van der Waals surface area contributed by atoms with Crippen LogP contribution in [0.15, 0.2) is 29.6 Å². The molecule has 0 fully saturated rings. The molecule has 0 unspecified atom stereocenters. The Balaban J connectivity index is 2.52. The van der Waals surface area contributed by atoms with Crippen LogP contribution in [0, 0.1) is 12.7 Å². The highest BCUT2D eigenvalue weighted by Gasteiger charge is 2.19.